The fraction of sp³-hybridized carbons (Fsp3) is 1.00. The van der Waals surface area contributed by atoms with Crippen molar-refractivity contribution in [1.82, 2.24) is 10.6 Å². The van der Waals surface area contributed by atoms with Crippen molar-refractivity contribution in [1.29, 1.82) is 0 Å². The van der Waals surface area contributed by atoms with E-state index in [4.69, 9.17) is 10.8 Å². The maximum atomic E-state index is 9.06. The second-order valence-corrected chi connectivity index (χ2v) is 4.38. The molecule has 3 unspecified atom stereocenters. The molecule has 3 atom stereocenters. The molecule has 0 heterocycles. The number of hydrogen-bond donors (Lipinski definition) is 4. The van der Waals surface area contributed by atoms with Crippen molar-refractivity contribution in [3.8, 4) is 0 Å². The lowest BCUT2D eigenvalue weighted by Gasteiger charge is -2.22. The number of aliphatic hydroxyl groups is 1. The van der Waals surface area contributed by atoms with Gasteiger partial charge in [0.2, 0.25) is 0 Å². The molecule has 0 saturated heterocycles. The van der Waals surface area contributed by atoms with E-state index in [1.165, 1.54) is 0 Å². The lowest BCUT2D eigenvalue weighted by Crippen LogP contribution is -2.46. The van der Waals surface area contributed by atoms with E-state index in [0.717, 1.165) is 32.4 Å². The fourth-order valence-corrected chi connectivity index (χ4v) is 1.47. The molecular weight excluding hydrogens is 202 g/mol. The number of rotatable bonds is 10. The van der Waals surface area contributed by atoms with Gasteiger partial charge in [-0.05, 0) is 19.3 Å². The number of nitrogens with two attached hydrogens (primary N) is 1. The molecule has 5 N–H and O–H groups in total. The van der Waals surface area contributed by atoms with Crippen LogP contribution in [0.15, 0.2) is 0 Å². The average molecular weight is 231 g/mol. The van der Waals surface area contributed by atoms with Crippen LogP contribution in [0.2, 0.25) is 0 Å². The topological polar surface area (TPSA) is 70.3 Å². The van der Waals surface area contributed by atoms with Gasteiger partial charge in [0.25, 0.3) is 0 Å². The maximum Gasteiger partial charge on any atom is 0.0584 e. The predicted octanol–water partition coefficient (Wildman–Crippen LogP) is 0.452. The van der Waals surface area contributed by atoms with Crippen LogP contribution in [-0.2, 0) is 0 Å². The Morgan fingerprint density at radius 1 is 0.938 bits per heavy atom. The SMILES string of the molecule is CCC(N)CNC(CC)CNC(CC)CO. The first-order valence-corrected chi connectivity index (χ1v) is 6.50. The van der Waals surface area contributed by atoms with E-state index in [-0.39, 0.29) is 18.7 Å². The molecule has 0 saturated carbocycles. The standard InChI is InChI=1S/C12H29N3O/c1-4-10(13)7-14-11(5-2)8-15-12(6-3)9-16/h10-12,14-16H,4-9,13H2,1-3H3. The van der Waals surface area contributed by atoms with Crippen molar-refractivity contribution in [2.45, 2.75) is 58.2 Å². The highest BCUT2D eigenvalue weighted by Crippen LogP contribution is 1.94. The van der Waals surface area contributed by atoms with Crippen LogP contribution >= 0.6 is 0 Å². The molecule has 0 aromatic carbocycles. The highest BCUT2D eigenvalue weighted by molar-refractivity contribution is 4.74. The Bertz CT molecular complexity index is 151. The Labute approximate surface area is 100.0 Å². The molecule has 4 nitrogen and oxygen atoms in total. The van der Waals surface area contributed by atoms with Crippen LogP contribution in [0.5, 0.6) is 0 Å². The average Bonchev–Trinajstić information content (AvgIpc) is 2.33. The molecule has 0 bridgehead atoms. The molecule has 0 fully saturated rings. The summed E-state index contributed by atoms with van der Waals surface area (Å²) in [5.74, 6) is 0. The fourth-order valence-electron chi connectivity index (χ4n) is 1.47. The van der Waals surface area contributed by atoms with Crippen LogP contribution < -0.4 is 16.4 Å². The molecule has 0 radical (unpaired) electrons. The van der Waals surface area contributed by atoms with Gasteiger partial charge in [-0.15, -0.1) is 0 Å². The van der Waals surface area contributed by atoms with Crippen molar-refractivity contribution >= 4 is 0 Å². The summed E-state index contributed by atoms with van der Waals surface area (Å²) in [7, 11) is 0. The van der Waals surface area contributed by atoms with Gasteiger partial charge in [0.05, 0.1) is 6.61 Å². The summed E-state index contributed by atoms with van der Waals surface area (Å²) in [4.78, 5) is 0. The first-order chi connectivity index (χ1) is 7.67. The maximum absolute atomic E-state index is 9.06. The summed E-state index contributed by atoms with van der Waals surface area (Å²) in [6.07, 6.45) is 3.04. The van der Waals surface area contributed by atoms with Crippen LogP contribution in [0.3, 0.4) is 0 Å². The quantitative estimate of drug-likeness (QED) is 0.441. The minimum absolute atomic E-state index is 0.210. The third-order valence-corrected chi connectivity index (χ3v) is 3.05. The van der Waals surface area contributed by atoms with Crippen molar-refractivity contribution in [3.63, 3.8) is 0 Å². The summed E-state index contributed by atoms with van der Waals surface area (Å²) in [6.45, 7) is 8.32. The lowest BCUT2D eigenvalue weighted by atomic mass is 10.1. The monoisotopic (exact) mass is 231 g/mol. The first kappa shape index (κ1) is 15.8. The van der Waals surface area contributed by atoms with Gasteiger partial charge in [-0.3, -0.25) is 0 Å². The van der Waals surface area contributed by atoms with Crippen LogP contribution in [0.1, 0.15) is 40.0 Å². The van der Waals surface area contributed by atoms with Gasteiger partial charge in [0.1, 0.15) is 0 Å². The number of hydrogen-bond acceptors (Lipinski definition) is 4. The van der Waals surface area contributed by atoms with Crippen molar-refractivity contribution in [3.05, 3.63) is 0 Å². The van der Waals surface area contributed by atoms with Crippen molar-refractivity contribution < 1.29 is 5.11 Å². The van der Waals surface area contributed by atoms with E-state index in [2.05, 4.69) is 31.4 Å². The van der Waals surface area contributed by atoms with E-state index in [1.54, 1.807) is 0 Å². The molecule has 16 heavy (non-hydrogen) atoms. The van der Waals surface area contributed by atoms with Gasteiger partial charge in [0.15, 0.2) is 0 Å². The molecular formula is C12H29N3O. The molecule has 0 amide bonds. The number of aliphatic hydroxyl groups excluding tert-OH is 1. The highest BCUT2D eigenvalue weighted by Gasteiger charge is 2.10. The molecule has 0 aromatic rings. The van der Waals surface area contributed by atoms with Gasteiger partial charge in [-0.1, -0.05) is 20.8 Å². The summed E-state index contributed by atoms with van der Waals surface area (Å²) in [5, 5.41) is 15.9. The highest BCUT2D eigenvalue weighted by atomic mass is 16.3. The summed E-state index contributed by atoms with van der Waals surface area (Å²) >= 11 is 0. The van der Waals surface area contributed by atoms with E-state index >= 15 is 0 Å². The minimum Gasteiger partial charge on any atom is -0.395 e. The third kappa shape index (κ3) is 7.17. The van der Waals surface area contributed by atoms with Crippen LogP contribution in [0.4, 0.5) is 0 Å². The third-order valence-electron chi connectivity index (χ3n) is 3.05. The Hall–Kier alpha value is -0.160. The molecule has 0 aliphatic heterocycles. The zero-order valence-corrected chi connectivity index (χ0v) is 11.0. The summed E-state index contributed by atoms with van der Waals surface area (Å²) in [5.41, 5.74) is 5.86. The van der Waals surface area contributed by atoms with Crippen molar-refractivity contribution in [2.75, 3.05) is 19.7 Å². The predicted molar refractivity (Wildman–Crippen MR) is 69.5 cm³/mol. The van der Waals surface area contributed by atoms with E-state index < -0.39 is 0 Å². The Kier molecular flexibility index (Phi) is 9.92. The first-order valence-electron chi connectivity index (χ1n) is 6.50. The molecule has 4 heteroatoms. The van der Waals surface area contributed by atoms with Gasteiger partial charge < -0.3 is 21.5 Å². The van der Waals surface area contributed by atoms with Gasteiger partial charge in [-0.25, -0.2) is 0 Å². The lowest BCUT2D eigenvalue weighted by molar-refractivity contribution is 0.234. The second kappa shape index (κ2) is 10.0. The normalized spacial score (nSPS) is 17.1. The number of nitrogens with one attached hydrogen (secondary N) is 2. The zero-order chi connectivity index (χ0) is 12.4. The van der Waals surface area contributed by atoms with E-state index in [9.17, 15) is 0 Å². The van der Waals surface area contributed by atoms with Gasteiger partial charge in [0, 0.05) is 31.2 Å². The summed E-state index contributed by atoms with van der Waals surface area (Å²) in [6, 6.07) is 0.905. The molecule has 0 spiro atoms. The van der Waals surface area contributed by atoms with E-state index in [1.807, 2.05) is 0 Å². The summed E-state index contributed by atoms with van der Waals surface area (Å²) < 4.78 is 0. The smallest absolute Gasteiger partial charge is 0.0584 e. The second-order valence-electron chi connectivity index (χ2n) is 4.38. The van der Waals surface area contributed by atoms with Crippen molar-refractivity contribution in [2.24, 2.45) is 5.73 Å². The largest absolute Gasteiger partial charge is 0.395 e. The van der Waals surface area contributed by atoms with E-state index in [0.29, 0.717) is 6.04 Å². The molecule has 0 aromatic heterocycles. The van der Waals surface area contributed by atoms with Crippen LogP contribution in [-0.4, -0.2) is 42.9 Å². The molecule has 0 aliphatic carbocycles. The Morgan fingerprint density at radius 2 is 1.50 bits per heavy atom. The minimum atomic E-state index is 0.210. The zero-order valence-electron chi connectivity index (χ0n) is 11.0. The van der Waals surface area contributed by atoms with Crippen LogP contribution in [0.25, 0.3) is 0 Å². The Balaban J connectivity index is 3.73. The Morgan fingerprint density at radius 3 is 1.94 bits per heavy atom. The van der Waals surface area contributed by atoms with Crippen LogP contribution in [0, 0.1) is 0 Å². The molecule has 98 valence electrons. The molecule has 0 aliphatic rings. The van der Waals surface area contributed by atoms with Gasteiger partial charge in [-0.2, -0.15) is 0 Å². The van der Waals surface area contributed by atoms with Gasteiger partial charge >= 0.3 is 0 Å². The molecule has 0 rings (SSSR count).